The van der Waals surface area contributed by atoms with E-state index in [0.717, 1.165) is 28.1 Å². The normalized spacial score (nSPS) is 10.5. The van der Waals surface area contributed by atoms with Gasteiger partial charge in [0.2, 0.25) is 0 Å². The van der Waals surface area contributed by atoms with Gasteiger partial charge >= 0.3 is 0 Å². The lowest BCUT2D eigenvalue weighted by Gasteiger charge is -2.12. The molecule has 0 fully saturated rings. The van der Waals surface area contributed by atoms with Crippen molar-refractivity contribution in [3.63, 3.8) is 0 Å². The Morgan fingerprint density at radius 2 is 1.54 bits per heavy atom. The summed E-state index contributed by atoms with van der Waals surface area (Å²) in [5.41, 5.74) is 6.10. The van der Waals surface area contributed by atoms with Crippen LogP contribution >= 0.6 is 0 Å². The van der Waals surface area contributed by atoms with Gasteiger partial charge in [-0.2, -0.15) is 0 Å². The highest BCUT2D eigenvalue weighted by Crippen LogP contribution is 2.22. The fourth-order valence-corrected chi connectivity index (χ4v) is 2.77. The van der Waals surface area contributed by atoms with E-state index in [4.69, 9.17) is 0 Å². The maximum absolute atomic E-state index is 12.4. The number of amides is 1. The first-order valence-corrected chi connectivity index (χ1v) is 7.83. The van der Waals surface area contributed by atoms with Gasteiger partial charge in [0.05, 0.1) is 5.69 Å². The molecule has 0 aliphatic carbocycles. The molecule has 3 aromatic rings. The number of rotatable bonds is 3. The number of hydrogen-bond acceptors (Lipinski definition) is 3. The van der Waals surface area contributed by atoms with Crippen LogP contribution < -0.4 is 5.32 Å². The average molecular weight is 317 g/mol. The van der Waals surface area contributed by atoms with Gasteiger partial charge in [-0.05, 0) is 44.0 Å². The number of anilines is 1. The topological polar surface area (TPSA) is 54.9 Å². The van der Waals surface area contributed by atoms with Crippen molar-refractivity contribution in [3.05, 3.63) is 77.0 Å². The Morgan fingerprint density at radius 1 is 0.875 bits per heavy atom. The van der Waals surface area contributed by atoms with Gasteiger partial charge < -0.3 is 5.32 Å². The quantitative estimate of drug-likeness (QED) is 0.782. The average Bonchev–Trinajstić information content (AvgIpc) is 2.59. The number of carbonyl (C=O) groups excluding carboxylic acids is 1. The second-order valence-electron chi connectivity index (χ2n) is 5.90. The van der Waals surface area contributed by atoms with Crippen molar-refractivity contribution in [2.75, 3.05) is 5.32 Å². The Balaban J connectivity index is 1.81. The summed E-state index contributed by atoms with van der Waals surface area (Å²) < 4.78 is 0. The molecule has 120 valence electrons. The van der Waals surface area contributed by atoms with E-state index in [1.807, 2.05) is 69.3 Å². The predicted molar refractivity (Wildman–Crippen MR) is 96.1 cm³/mol. The molecule has 0 saturated carbocycles. The van der Waals surface area contributed by atoms with Crippen molar-refractivity contribution >= 4 is 11.6 Å². The lowest BCUT2D eigenvalue weighted by atomic mass is 10.0. The fourth-order valence-electron chi connectivity index (χ4n) is 2.77. The molecule has 0 aliphatic rings. The predicted octanol–water partition coefficient (Wildman–Crippen LogP) is 4.32. The zero-order valence-corrected chi connectivity index (χ0v) is 14.0. The number of nitrogens with zero attached hydrogens (tertiary/aromatic N) is 2. The fraction of sp³-hybridized carbons (Fsp3) is 0.150. The minimum Gasteiger partial charge on any atom is -0.320 e. The number of carbonyl (C=O) groups is 1. The van der Waals surface area contributed by atoms with E-state index in [0.29, 0.717) is 5.69 Å². The molecule has 1 aromatic heterocycles. The number of nitrogens with one attached hydrogen (secondary N) is 1. The van der Waals surface area contributed by atoms with Crippen molar-refractivity contribution in [2.45, 2.75) is 20.8 Å². The van der Waals surface area contributed by atoms with Crippen molar-refractivity contribution in [1.82, 2.24) is 10.2 Å². The van der Waals surface area contributed by atoms with Crippen LogP contribution in [0.15, 0.2) is 54.6 Å². The maximum atomic E-state index is 12.4. The summed E-state index contributed by atoms with van der Waals surface area (Å²) in [5.74, 6) is -0.253. The largest absolute Gasteiger partial charge is 0.320 e. The van der Waals surface area contributed by atoms with Crippen LogP contribution in [0, 0.1) is 20.8 Å². The molecular formula is C20H19N3O. The van der Waals surface area contributed by atoms with E-state index in [2.05, 4.69) is 15.5 Å². The lowest BCUT2D eigenvalue weighted by molar-refractivity contribution is 0.102. The van der Waals surface area contributed by atoms with E-state index < -0.39 is 0 Å². The SMILES string of the molecule is Cc1cc(C)c(NC(=O)c2ccc(-c3ccccc3)nn2)c(C)c1. The van der Waals surface area contributed by atoms with Crippen molar-refractivity contribution in [3.8, 4) is 11.3 Å². The van der Waals surface area contributed by atoms with Gasteiger partial charge in [0, 0.05) is 11.3 Å². The molecule has 1 N–H and O–H groups in total. The van der Waals surface area contributed by atoms with E-state index in [1.165, 1.54) is 5.56 Å². The molecule has 1 amide bonds. The van der Waals surface area contributed by atoms with Gasteiger partial charge in [0.1, 0.15) is 0 Å². The van der Waals surface area contributed by atoms with Crippen molar-refractivity contribution < 1.29 is 4.79 Å². The number of aryl methyl sites for hydroxylation is 3. The van der Waals surface area contributed by atoms with Crippen LogP contribution in [-0.4, -0.2) is 16.1 Å². The zero-order chi connectivity index (χ0) is 17.1. The summed E-state index contributed by atoms with van der Waals surface area (Å²) in [5, 5.41) is 11.2. The molecule has 4 heteroatoms. The first-order chi connectivity index (χ1) is 11.5. The summed E-state index contributed by atoms with van der Waals surface area (Å²) in [6.07, 6.45) is 0. The van der Waals surface area contributed by atoms with Crippen molar-refractivity contribution in [2.24, 2.45) is 0 Å². The van der Waals surface area contributed by atoms with Gasteiger partial charge in [-0.25, -0.2) is 0 Å². The minimum absolute atomic E-state index is 0.253. The Kier molecular flexibility index (Phi) is 4.38. The Hall–Kier alpha value is -3.01. The molecule has 0 spiro atoms. The number of benzene rings is 2. The molecule has 3 rings (SSSR count). The first-order valence-electron chi connectivity index (χ1n) is 7.83. The van der Waals surface area contributed by atoms with E-state index in [1.54, 1.807) is 6.07 Å². The van der Waals surface area contributed by atoms with Crippen LogP contribution in [-0.2, 0) is 0 Å². The summed E-state index contributed by atoms with van der Waals surface area (Å²) in [6, 6.07) is 17.4. The number of aromatic nitrogens is 2. The van der Waals surface area contributed by atoms with E-state index in [-0.39, 0.29) is 5.91 Å². The highest BCUT2D eigenvalue weighted by atomic mass is 16.1. The Morgan fingerprint density at radius 3 is 2.12 bits per heavy atom. The van der Waals surface area contributed by atoms with Crippen LogP contribution in [0.2, 0.25) is 0 Å². The van der Waals surface area contributed by atoms with Gasteiger partial charge in [0.25, 0.3) is 5.91 Å². The second kappa shape index (κ2) is 6.62. The Bertz CT molecular complexity index is 848. The van der Waals surface area contributed by atoms with Crippen LogP contribution in [0.4, 0.5) is 5.69 Å². The van der Waals surface area contributed by atoms with E-state index >= 15 is 0 Å². The van der Waals surface area contributed by atoms with Crippen LogP contribution in [0.5, 0.6) is 0 Å². The summed E-state index contributed by atoms with van der Waals surface area (Å²) >= 11 is 0. The molecule has 0 aliphatic heterocycles. The third-order valence-corrected chi connectivity index (χ3v) is 3.88. The van der Waals surface area contributed by atoms with Gasteiger partial charge in [-0.1, -0.05) is 48.0 Å². The number of hydrogen-bond donors (Lipinski definition) is 1. The highest BCUT2D eigenvalue weighted by Gasteiger charge is 2.12. The molecule has 24 heavy (non-hydrogen) atoms. The third kappa shape index (κ3) is 3.33. The molecule has 2 aromatic carbocycles. The van der Waals surface area contributed by atoms with Gasteiger partial charge in [-0.15, -0.1) is 10.2 Å². The molecule has 0 saturated heterocycles. The maximum Gasteiger partial charge on any atom is 0.276 e. The monoisotopic (exact) mass is 317 g/mol. The van der Waals surface area contributed by atoms with Crippen LogP contribution in [0.3, 0.4) is 0 Å². The van der Waals surface area contributed by atoms with Crippen LogP contribution in [0.25, 0.3) is 11.3 Å². The third-order valence-electron chi connectivity index (χ3n) is 3.88. The summed E-state index contributed by atoms with van der Waals surface area (Å²) in [7, 11) is 0. The second-order valence-corrected chi connectivity index (χ2v) is 5.90. The molecule has 4 nitrogen and oxygen atoms in total. The van der Waals surface area contributed by atoms with Crippen molar-refractivity contribution in [1.29, 1.82) is 0 Å². The summed E-state index contributed by atoms with van der Waals surface area (Å²) in [6.45, 7) is 6.01. The standard InChI is InChI=1S/C20H19N3O/c1-13-11-14(2)19(15(3)12-13)21-20(24)18-10-9-17(22-23-18)16-7-5-4-6-8-16/h4-12H,1-3H3,(H,21,24). The molecule has 0 atom stereocenters. The molecular weight excluding hydrogens is 298 g/mol. The zero-order valence-electron chi connectivity index (χ0n) is 14.0. The Labute approximate surface area is 141 Å². The smallest absolute Gasteiger partial charge is 0.276 e. The van der Waals surface area contributed by atoms with Crippen LogP contribution in [0.1, 0.15) is 27.2 Å². The molecule has 1 heterocycles. The lowest BCUT2D eigenvalue weighted by Crippen LogP contribution is -2.16. The molecule has 0 bridgehead atoms. The highest BCUT2D eigenvalue weighted by molar-refractivity contribution is 6.03. The van der Waals surface area contributed by atoms with E-state index in [9.17, 15) is 4.79 Å². The van der Waals surface area contributed by atoms with Gasteiger partial charge in [-0.3, -0.25) is 4.79 Å². The first kappa shape index (κ1) is 15.9. The van der Waals surface area contributed by atoms with Gasteiger partial charge in [0.15, 0.2) is 5.69 Å². The summed E-state index contributed by atoms with van der Waals surface area (Å²) in [4.78, 5) is 12.4. The minimum atomic E-state index is -0.253. The molecule has 0 radical (unpaired) electrons. The molecule has 0 unspecified atom stereocenters.